The molecule has 2 N–H and O–H groups in total. The molecule has 40 heavy (non-hydrogen) atoms. The van der Waals surface area contributed by atoms with Gasteiger partial charge in [-0.1, -0.05) is 20.8 Å². The van der Waals surface area contributed by atoms with Crippen molar-refractivity contribution in [3.8, 4) is 17.2 Å². The van der Waals surface area contributed by atoms with Crippen molar-refractivity contribution in [1.82, 2.24) is 15.3 Å². The number of hydrogen-bond donors (Lipinski definition) is 2. The lowest BCUT2D eigenvalue weighted by Gasteiger charge is -2.16. The molecule has 8 heteroatoms. The lowest BCUT2D eigenvalue weighted by molar-refractivity contribution is -0.118. The second kappa shape index (κ2) is 13.8. The molecule has 0 atom stereocenters. The van der Waals surface area contributed by atoms with Crippen molar-refractivity contribution >= 4 is 27.6 Å². The zero-order valence-electron chi connectivity index (χ0n) is 23.4. The van der Waals surface area contributed by atoms with Crippen LogP contribution in [0.2, 0.25) is 0 Å². The zero-order valence-corrected chi connectivity index (χ0v) is 23.4. The predicted octanol–water partition coefficient (Wildman–Crippen LogP) is 5.74. The van der Waals surface area contributed by atoms with Crippen LogP contribution in [0.25, 0.3) is 21.7 Å². The molecule has 1 amide bonds. The lowest BCUT2D eigenvalue weighted by Crippen LogP contribution is -2.21. The molecule has 2 heterocycles. The van der Waals surface area contributed by atoms with Gasteiger partial charge in [0, 0.05) is 47.6 Å². The van der Waals surface area contributed by atoms with E-state index in [1.165, 1.54) is 6.92 Å². The Hall–Kier alpha value is -4.07. The molecule has 2 aromatic carbocycles. The standard InChI is InChI=1S/C31H37N3O5.CH4/c1-6-9-28-24-18-30(38-5)29(37-4)17-23(24)25(31(36)34-28)16-21-14-20-15-22(39-7-2)11-12-27(20)33-26(21)10-8-13-32-19(3)35;/h11-12,14-15,17-18H,6-10,13,16H2,1-5H3,(H,32,35)(H,34,36);1H4. The molecule has 0 aliphatic rings. The second-order valence-corrected chi connectivity index (χ2v) is 9.56. The third kappa shape index (κ3) is 6.73. The quantitative estimate of drug-likeness (QED) is 0.219. The van der Waals surface area contributed by atoms with E-state index in [0.717, 1.165) is 63.6 Å². The number of benzene rings is 2. The summed E-state index contributed by atoms with van der Waals surface area (Å²) in [6, 6.07) is 11.8. The number of amides is 1. The number of fused-ring (bicyclic) bond motifs is 2. The van der Waals surface area contributed by atoms with Crippen LogP contribution in [-0.4, -0.2) is 43.2 Å². The van der Waals surface area contributed by atoms with E-state index in [0.29, 0.717) is 43.1 Å². The Bertz CT molecular complexity index is 1540. The number of nitrogens with one attached hydrogen (secondary N) is 2. The van der Waals surface area contributed by atoms with E-state index in [2.05, 4.69) is 23.3 Å². The normalized spacial score (nSPS) is 10.8. The SMILES string of the molecule is C.CCCc1[nH]c(=O)c(Cc2cc3cc(OCC)ccc3nc2CCCNC(C)=O)c2cc(OC)c(OC)cc12. The summed E-state index contributed by atoms with van der Waals surface area (Å²) in [5.41, 5.74) is 4.14. The smallest absolute Gasteiger partial charge is 0.252 e. The van der Waals surface area contributed by atoms with Crippen LogP contribution in [0.4, 0.5) is 0 Å². The fourth-order valence-electron chi connectivity index (χ4n) is 4.98. The second-order valence-electron chi connectivity index (χ2n) is 9.56. The molecular formula is C32H41N3O5. The third-order valence-corrected chi connectivity index (χ3v) is 6.81. The van der Waals surface area contributed by atoms with Gasteiger partial charge in [-0.3, -0.25) is 14.6 Å². The minimum atomic E-state index is -0.120. The highest BCUT2D eigenvalue weighted by Gasteiger charge is 2.18. The van der Waals surface area contributed by atoms with Gasteiger partial charge in [0.2, 0.25) is 5.91 Å². The summed E-state index contributed by atoms with van der Waals surface area (Å²) in [7, 11) is 3.21. The first-order valence-corrected chi connectivity index (χ1v) is 13.5. The molecule has 4 rings (SSSR count). The van der Waals surface area contributed by atoms with Gasteiger partial charge in [0.25, 0.3) is 5.56 Å². The van der Waals surface area contributed by atoms with E-state index in [4.69, 9.17) is 19.2 Å². The van der Waals surface area contributed by atoms with Crippen molar-refractivity contribution in [2.24, 2.45) is 0 Å². The summed E-state index contributed by atoms with van der Waals surface area (Å²) >= 11 is 0. The van der Waals surface area contributed by atoms with E-state index < -0.39 is 0 Å². The average Bonchev–Trinajstić information content (AvgIpc) is 2.92. The maximum atomic E-state index is 13.5. The largest absolute Gasteiger partial charge is 0.494 e. The lowest BCUT2D eigenvalue weighted by atomic mass is 9.94. The molecule has 0 bridgehead atoms. The first-order valence-electron chi connectivity index (χ1n) is 13.5. The molecule has 214 valence electrons. The van der Waals surface area contributed by atoms with E-state index in [-0.39, 0.29) is 18.9 Å². The Balaban J connectivity index is 0.00000441. The first-order chi connectivity index (χ1) is 18.9. The van der Waals surface area contributed by atoms with Crippen LogP contribution < -0.4 is 25.1 Å². The van der Waals surface area contributed by atoms with Crippen LogP contribution in [-0.2, 0) is 24.1 Å². The van der Waals surface area contributed by atoms with Crippen LogP contribution in [0.1, 0.15) is 63.6 Å². The number of ether oxygens (including phenoxy) is 3. The minimum absolute atomic E-state index is 0. The number of carbonyl (C=O) groups excluding carboxylic acids is 1. The number of nitrogens with zero attached hydrogens (tertiary/aromatic N) is 1. The van der Waals surface area contributed by atoms with Crippen molar-refractivity contribution in [3.63, 3.8) is 0 Å². The topological polar surface area (TPSA) is 103 Å². The summed E-state index contributed by atoms with van der Waals surface area (Å²) in [5, 5.41) is 5.59. The van der Waals surface area contributed by atoms with Crippen LogP contribution in [0.5, 0.6) is 17.2 Å². The van der Waals surface area contributed by atoms with Crippen molar-refractivity contribution in [3.05, 3.63) is 69.3 Å². The molecule has 8 nitrogen and oxygen atoms in total. The van der Waals surface area contributed by atoms with Gasteiger partial charge in [0.05, 0.1) is 26.3 Å². The minimum Gasteiger partial charge on any atom is -0.494 e. The average molecular weight is 548 g/mol. The molecule has 0 fully saturated rings. The van der Waals surface area contributed by atoms with Crippen LogP contribution in [0.15, 0.2) is 41.2 Å². The number of methoxy groups -OCH3 is 2. The first kappa shape index (κ1) is 30.5. The third-order valence-electron chi connectivity index (χ3n) is 6.81. The number of aromatic amines is 1. The summed E-state index contributed by atoms with van der Waals surface area (Å²) < 4.78 is 16.9. The number of aromatic nitrogens is 2. The Morgan fingerprint density at radius 2 is 1.73 bits per heavy atom. The van der Waals surface area contributed by atoms with Crippen LogP contribution >= 0.6 is 0 Å². The molecule has 4 aromatic rings. The molecular weight excluding hydrogens is 506 g/mol. The van der Waals surface area contributed by atoms with E-state index >= 15 is 0 Å². The van der Waals surface area contributed by atoms with Gasteiger partial charge in [-0.2, -0.15) is 0 Å². The molecule has 0 unspecified atom stereocenters. The Morgan fingerprint density at radius 1 is 1.00 bits per heavy atom. The number of rotatable bonds is 12. The maximum absolute atomic E-state index is 13.5. The molecule has 0 saturated carbocycles. The van der Waals surface area contributed by atoms with Gasteiger partial charge < -0.3 is 24.5 Å². The molecule has 0 aliphatic heterocycles. The number of carbonyl (C=O) groups is 1. The van der Waals surface area contributed by atoms with Crippen LogP contribution in [0.3, 0.4) is 0 Å². The molecule has 2 aromatic heterocycles. The van der Waals surface area contributed by atoms with Gasteiger partial charge in [-0.15, -0.1) is 0 Å². The number of hydrogen-bond acceptors (Lipinski definition) is 6. The molecule has 0 radical (unpaired) electrons. The molecule has 0 spiro atoms. The monoisotopic (exact) mass is 547 g/mol. The highest BCUT2D eigenvalue weighted by Crippen LogP contribution is 2.35. The fourth-order valence-corrected chi connectivity index (χ4v) is 4.98. The van der Waals surface area contributed by atoms with E-state index in [1.807, 2.05) is 37.3 Å². The van der Waals surface area contributed by atoms with E-state index in [1.54, 1.807) is 14.2 Å². The predicted molar refractivity (Wildman–Crippen MR) is 161 cm³/mol. The van der Waals surface area contributed by atoms with Gasteiger partial charge in [0.15, 0.2) is 11.5 Å². The van der Waals surface area contributed by atoms with Gasteiger partial charge >= 0.3 is 0 Å². The van der Waals surface area contributed by atoms with Gasteiger partial charge in [-0.05, 0) is 73.5 Å². The molecule has 0 aliphatic carbocycles. The van der Waals surface area contributed by atoms with Crippen molar-refractivity contribution in [1.29, 1.82) is 0 Å². The zero-order chi connectivity index (χ0) is 27.9. The van der Waals surface area contributed by atoms with Gasteiger partial charge in [0.1, 0.15) is 5.75 Å². The maximum Gasteiger partial charge on any atom is 0.252 e. The van der Waals surface area contributed by atoms with Gasteiger partial charge in [-0.25, -0.2) is 0 Å². The van der Waals surface area contributed by atoms with Crippen molar-refractivity contribution in [2.75, 3.05) is 27.4 Å². The number of pyridine rings is 2. The summed E-state index contributed by atoms with van der Waals surface area (Å²) in [6.07, 6.45) is 3.44. The highest BCUT2D eigenvalue weighted by atomic mass is 16.5. The fraction of sp³-hybridized carbons (Fsp3) is 0.406. The Labute approximate surface area is 236 Å². The number of H-pyrrole nitrogens is 1. The molecule has 0 saturated heterocycles. The van der Waals surface area contributed by atoms with Crippen molar-refractivity contribution < 1.29 is 19.0 Å². The van der Waals surface area contributed by atoms with Crippen molar-refractivity contribution in [2.45, 2.75) is 60.3 Å². The summed E-state index contributed by atoms with van der Waals surface area (Å²) in [4.78, 5) is 33.0. The summed E-state index contributed by atoms with van der Waals surface area (Å²) in [5.74, 6) is 1.92. The van der Waals surface area contributed by atoms with E-state index in [9.17, 15) is 9.59 Å². The van der Waals surface area contributed by atoms with Crippen LogP contribution in [0, 0.1) is 0 Å². The Kier molecular flexibility index (Phi) is 10.5. The summed E-state index contributed by atoms with van der Waals surface area (Å²) in [6.45, 7) is 6.69. The number of aryl methyl sites for hydroxylation is 2. The highest BCUT2D eigenvalue weighted by molar-refractivity contribution is 5.91. The Morgan fingerprint density at radius 3 is 2.38 bits per heavy atom.